The lowest BCUT2D eigenvalue weighted by molar-refractivity contribution is 0.0734. The number of aromatic nitrogens is 1. The van der Waals surface area contributed by atoms with E-state index in [2.05, 4.69) is 16.9 Å². The number of carbonyl (C=O) groups is 1. The first kappa shape index (κ1) is 16.7. The van der Waals surface area contributed by atoms with Gasteiger partial charge in [-0.2, -0.15) is 0 Å². The average molecular weight is 327 g/mol. The quantitative estimate of drug-likeness (QED) is 0.866. The molecule has 1 unspecified atom stereocenters. The maximum absolute atomic E-state index is 12.8. The minimum absolute atomic E-state index is 0.0488. The van der Waals surface area contributed by atoms with Crippen molar-refractivity contribution in [2.45, 2.75) is 12.8 Å². The van der Waals surface area contributed by atoms with Crippen LogP contribution in [0, 0.1) is 5.92 Å². The summed E-state index contributed by atoms with van der Waals surface area (Å²) in [5, 5.41) is 1.90. The first-order valence-corrected chi connectivity index (χ1v) is 8.46. The third-order valence-electron chi connectivity index (χ3n) is 4.72. The fourth-order valence-electron chi connectivity index (χ4n) is 3.52. The van der Waals surface area contributed by atoms with Gasteiger partial charge < -0.3 is 14.5 Å². The summed E-state index contributed by atoms with van der Waals surface area (Å²) in [6, 6.07) is 9.68. The lowest BCUT2D eigenvalue weighted by Gasteiger charge is -2.32. The fourth-order valence-corrected chi connectivity index (χ4v) is 3.52. The van der Waals surface area contributed by atoms with Gasteiger partial charge in [-0.05, 0) is 49.9 Å². The normalized spacial score (nSPS) is 18.5. The number of benzene rings is 1. The van der Waals surface area contributed by atoms with E-state index in [9.17, 15) is 4.79 Å². The standard InChI is InChI=1S/C19H25N3O2/c1-21-10-6-7-14(12-21)13-22(2)19(23)17-11-15-8-4-5-9-16(15)18(20-17)24-3/h4-5,8-9,11,14H,6-7,10,12-13H2,1-3H3. The van der Waals surface area contributed by atoms with Crippen molar-refractivity contribution in [2.75, 3.05) is 40.8 Å². The van der Waals surface area contributed by atoms with Crippen molar-refractivity contribution in [1.82, 2.24) is 14.8 Å². The molecular weight excluding hydrogens is 302 g/mol. The van der Waals surface area contributed by atoms with Crippen molar-refractivity contribution >= 4 is 16.7 Å². The van der Waals surface area contributed by atoms with E-state index in [-0.39, 0.29) is 5.91 Å². The molecule has 24 heavy (non-hydrogen) atoms. The van der Waals surface area contributed by atoms with Crippen LogP contribution in [0.4, 0.5) is 0 Å². The van der Waals surface area contributed by atoms with Crippen molar-refractivity contribution < 1.29 is 9.53 Å². The summed E-state index contributed by atoms with van der Waals surface area (Å²) in [6.45, 7) is 2.96. The maximum atomic E-state index is 12.8. The first-order valence-electron chi connectivity index (χ1n) is 8.46. The Morgan fingerprint density at radius 2 is 2.21 bits per heavy atom. The molecule has 1 aromatic carbocycles. The highest BCUT2D eigenvalue weighted by atomic mass is 16.5. The van der Waals surface area contributed by atoms with Crippen LogP contribution in [0.15, 0.2) is 30.3 Å². The number of amides is 1. The molecule has 5 heteroatoms. The summed E-state index contributed by atoms with van der Waals surface area (Å²) in [5.41, 5.74) is 0.442. The Morgan fingerprint density at radius 3 is 2.96 bits per heavy atom. The monoisotopic (exact) mass is 327 g/mol. The second-order valence-corrected chi connectivity index (χ2v) is 6.69. The van der Waals surface area contributed by atoms with E-state index in [1.165, 1.54) is 12.8 Å². The number of piperidine rings is 1. The molecule has 5 nitrogen and oxygen atoms in total. The summed E-state index contributed by atoms with van der Waals surface area (Å²) in [6.07, 6.45) is 2.38. The van der Waals surface area contributed by atoms with Gasteiger partial charge in [-0.3, -0.25) is 4.79 Å². The number of pyridine rings is 1. The molecule has 1 aliphatic rings. The minimum Gasteiger partial charge on any atom is -0.481 e. The summed E-state index contributed by atoms with van der Waals surface area (Å²) < 4.78 is 5.37. The van der Waals surface area contributed by atoms with Gasteiger partial charge in [0.05, 0.1) is 7.11 Å². The van der Waals surface area contributed by atoms with Gasteiger partial charge in [-0.25, -0.2) is 4.98 Å². The van der Waals surface area contributed by atoms with E-state index in [1.54, 1.807) is 12.0 Å². The minimum atomic E-state index is -0.0488. The van der Waals surface area contributed by atoms with E-state index in [0.29, 0.717) is 17.5 Å². The van der Waals surface area contributed by atoms with Crippen LogP contribution in [0.5, 0.6) is 5.88 Å². The summed E-state index contributed by atoms with van der Waals surface area (Å²) in [7, 11) is 5.59. The smallest absolute Gasteiger partial charge is 0.272 e. The van der Waals surface area contributed by atoms with E-state index < -0.39 is 0 Å². The Kier molecular flexibility index (Phi) is 5.00. The Hall–Kier alpha value is -2.14. The van der Waals surface area contributed by atoms with Crippen molar-refractivity contribution in [3.8, 4) is 5.88 Å². The Bertz CT molecular complexity index is 732. The number of hydrogen-bond donors (Lipinski definition) is 0. The first-order chi connectivity index (χ1) is 11.6. The van der Waals surface area contributed by atoms with Crippen LogP contribution >= 0.6 is 0 Å². The molecule has 0 bridgehead atoms. The van der Waals surface area contributed by atoms with Crippen LogP contribution in [-0.2, 0) is 0 Å². The second-order valence-electron chi connectivity index (χ2n) is 6.69. The molecule has 0 radical (unpaired) electrons. The number of nitrogens with zero attached hydrogens (tertiary/aromatic N) is 3. The molecule has 2 aromatic rings. The molecule has 1 saturated heterocycles. The van der Waals surface area contributed by atoms with Crippen molar-refractivity contribution in [1.29, 1.82) is 0 Å². The molecule has 1 fully saturated rings. The van der Waals surface area contributed by atoms with Gasteiger partial charge in [-0.1, -0.05) is 18.2 Å². The van der Waals surface area contributed by atoms with E-state index >= 15 is 0 Å². The third kappa shape index (κ3) is 3.51. The van der Waals surface area contributed by atoms with Crippen LogP contribution in [0.3, 0.4) is 0 Å². The van der Waals surface area contributed by atoms with Crippen LogP contribution in [0.25, 0.3) is 10.8 Å². The van der Waals surface area contributed by atoms with Gasteiger partial charge in [0.25, 0.3) is 5.91 Å². The fraction of sp³-hybridized carbons (Fsp3) is 0.474. The number of carbonyl (C=O) groups excluding carboxylic acids is 1. The van der Waals surface area contributed by atoms with Gasteiger partial charge in [-0.15, -0.1) is 0 Å². The second kappa shape index (κ2) is 7.18. The number of fused-ring (bicyclic) bond motifs is 1. The van der Waals surface area contributed by atoms with Crippen LogP contribution < -0.4 is 4.74 Å². The SMILES string of the molecule is COc1nc(C(=O)N(C)CC2CCCN(C)C2)cc2ccccc12. The highest BCUT2D eigenvalue weighted by Gasteiger charge is 2.22. The summed E-state index contributed by atoms with van der Waals surface area (Å²) in [5.74, 6) is 0.981. The maximum Gasteiger partial charge on any atom is 0.272 e. The molecule has 1 atom stereocenters. The molecule has 0 saturated carbocycles. The van der Waals surface area contributed by atoms with Gasteiger partial charge in [0, 0.05) is 25.5 Å². The van der Waals surface area contributed by atoms with Gasteiger partial charge >= 0.3 is 0 Å². The predicted octanol–water partition coefficient (Wildman–Crippen LogP) is 2.66. The molecule has 1 amide bonds. The zero-order chi connectivity index (χ0) is 17.1. The highest BCUT2D eigenvalue weighted by Crippen LogP contribution is 2.25. The molecule has 128 valence electrons. The average Bonchev–Trinajstić information content (AvgIpc) is 2.60. The van der Waals surface area contributed by atoms with Crippen molar-refractivity contribution in [3.05, 3.63) is 36.0 Å². The van der Waals surface area contributed by atoms with Gasteiger partial charge in [0.1, 0.15) is 5.69 Å². The van der Waals surface area contributed by atoms with Crippen molar-refractivity contribution in [2.24, 2.45) is 5.92 Å². The highest BCUT2D eigenvalue weighted by molar-refractivity contribution is 5.98. The van der Waals surface area contributed by atoms with E-state index in [4.69, 9.17) is 4.74 Å². The molecule has 0 N–H and O–H groups in total. The largest absolute Gasteiger partial charge is 0.481 e. The number of methoxy groups -OCH3 is 1. The molecule has 0 spiro atoms. The topological polar surface area (TPSA) is 45.7 Å². The molecule has 3 rings (SSSR count). The van der Waals surface area contributed by atoms with Gasteiger partial charge in [0.15, 0.2) is 0 Å². The molecule has 0 aliphatic carbocycles. The summed E-state index contributed by atoms with van der Waals surface area (Å²) in [4.78, 5) is 21.4. The third-order valence-corrected chi connectivity index (χ3v) is 4.72. The zero-order valence-electron chi connectivity index (χ0n) is 14.7. The lowest BCUT2D eigenvalue weighted by atomic mass is 9.98. The van der Waals surface area contributed by atoms with Crippen LogP contribution in [0.1, 0.15) is 23.3 Å². The Labute approximate surface area is 143 Å². The lowest BCUT2D eigenvalue weighted by Crippen LogP contribution is -2.40. The predicted molar refractivity (Wildman–Crippen MR) is 95.5 cm³/mol. The van der Waals surface area contributed by atoms with Crippen LogP contribution in [-0.4, -0.2) is 61.5 Å². The summed E-state index contributed by atoms with van der Waals surface area (Å²) >= 11 is 0. The molecular formula is C19H25N3O2. The number of rotatable bonds is 4. The number of hydrogen-bond acceptors (Lipinski definition) is 4. The van der Waals surface area contributed by atoms with Crippen molar-refractivity contribution in [3.63, 3.8) is 0 Å². The molecule has 2 heterocycles. The molecule has 1 aliphatic heterocycles. The van der Waals surface area contributed by atoms with E-state index in [1.807, 2.05) is 37.4 Å². The van der Waals surface area contributed by atoms with Crippen LogP contribution in [0.2, 0.25) is 0 Å². The Balaban J connectivity index is 1.80. The van der Waals surface area contributed by atoms with Gasteiger partial charge in [0.2, 0.25) is 5.88 Å². The number of likely N-dealkylation sites (tertiary alicyclic amines) is 1. The number of ether oxygens (including phenoxy) is 1. The Morgan fingerprint density at radius 1 is 1.42 bits per heavy atom. The zero-order valence-corrected chi connectivity index (χ0v) is 14.7. The molecule has 1 aromatic heterocycles. The van der Waals surface area contributed by atoms with E-state index in [0.717, 1.165) is 30.4 Å².